The Balaban J connectivity index is 1.87. The molecule has 0 aliphatic carbocycles. The highest BCUT2D eigenvalue weighted by atomic mass is 16.5. The first-order valence-corrected chi connectivity index (χ1v) is 8.81. The van der Waals surface area contributed by atoms with Crippen molar-refractivity contribution in [1.82, 2.24) is 4.98 Å². The van der Waals surface area contributed by atoms with Crippen LogP contribution in [0.2, 0.25) is 0 Å². The van der Waals surface area contributed by atoms with E-state index in [9.17, 15) is 0 Å². The molecule has 0 fully saturated rings. The number of nitrogens with zero attached hydrogens (tertiary/aromatic N) is 3. The summed E-state index contributed by atoms with van der Waals surface area (Å²) in [6, 6.07) is 7.27. The topological polar surface area (TPSA) is 108 Å². The summed E-state index contributed by atoms with van der Waals surface area (Å²) < 4.78 is 11.9. The van der Waals surface area contributed by atoms with Gasteiger partial charge in [-0.25, -0.2) is 15.0 Å². The molecule has 2 aliphatic rings. The Hall–Kier alpha value is -3.09. The molecular formula is C20H23N5O2. The van der Waals surface area contributed by atoms with Gasteiger partial charge in [-0.15, -0.1) is 0 Å². The maximum atomic E-state index is 6.09. The second kappa shape index (κ2) is 5.70. The number of hydrogen-bond donors (Lipinski definition) is 2. The molecule has 7 nitrogen and oxygen atoms in total. The molecule has 0 bridgehead atoms. The van der Waals surface area contributed by atoms with Gasteiger partial charge in [-0.3, -0.25) is 0 Å². The zero-order valence-electron chi connectivity index (χ0n) is 15.9. The summed E-state index contributed by atoms with van der Waals surface area (Å²) in [7, 11) is 0. The van der Waals surface area contributed by atoms with Crippen molar-refractivity contribution in [3.05, 3.63) is 41.6 Å². The number of aromatic nitrogens is 1. The SMILES string of the molecule is CC1=NC2(N=C1N)c1cc(N)ccc1Oc1ncc(OCC(C)(C)C)cc12. The van der Waals surface area contributed by atoms with Gasteiger partial charge in [-0.05, 0) is 36.6 Å². The quantitative estimate of drug-likeness (QED) is 0.794. The van der Waals surface area contributed by atoms with Crippen LogP contribution in [0.1, 0.15) is 38.8 Å². The predicted molar refractivity (Wildman–Crippen MR) is 106 cm³/mol. The van der Waals surface area contributed by atoms with Crippen molar-refractivity contribution in [3.8, 4) is 17.4 Å². The van der Waals surface area contributed by atoms with Crippen LogP contribution in [-0.2, 0) is 5.66 Å². The van der Waals surface area contributed by atoms with E-state index in [1.807, 2.05) is 19.1 Å². The zero-order chi connectivity index (χ0) is 19.4. The van der Waals surface area contributed by atoms with E-state index in [2.05, 4.69) is 25.8 Å². The molecule has 140 valence electrons. The molecule has 7 heteroatoms. The molecule has 2 aromatic rings. The molecule has 4 rings (SSSR count). The molecule has 0 radical (unpaired) electrons. The van der Waals surface area contributed by atoms with Crippen LogP contribution in [0.25, 0.3) is 0 Å². The van der Waals surface area contributed by atoms with Crippen LogP contribution < -0.4 is 20.9 Å². The Morgan fingerprint density at radius 3 is 2.56 bits per heavy atom. The van der Waals surface area contributed by atoms with Gasteiger partial charge in [0.25, 0.3) is 0 Å². The van der Waals surface area contributed by atoms with Crippen molar-refractivity contribution in [2.24, 2.45) is 21.1 Å². The van der Waals surface area contributed by atoms with Crippen molar-refractivity contribution in [2.75, 3.05) is 12.3 Å². The minimum atomic E-state index is -1.05. The summed E-state index contributed by atoms with van der Waals surface area (Å²) >= 11 is 0. The number of amidine groups is 1. The summed E-state index contributed by atoms with van der Waals surface area (Å²) in [5.41, 5.74) is 13.8. The number of fused-ring (bicyclic) bond motifs is 4. The van der Waals surface area contributed by atoms with Gasteiger partial charge in [0.2, 0.25) is 11.5 Å². The van der Waals surface area contributed by atoms with Crippen molar-refractivity contribution in [1.29, 1.82) is 0 Å². The van der Waals surface area contributed by atoms with E-state index in [0.29, 0.717) is 46.8 Å². The highest BCUT2D eigenvalue weighted by molar-refractivity contribution is 6.41. The number of anilines is 1. The van der Waals surface area contributed by atoms with Crippen molar-refractivity contribution < 1.29 is 9.47 Å². The summed E-state index contributed by atoms with van der Waals surface area (Å²) in [5.74, 6) is 2.07. The van der Waals surface area contributed by atoms with E-state index >= 15 is 0 Å². The maximum Gasteiger partial charge on any atom is 0.227 e. The number of ether oxygens (including phenoxy) is 2. The number of pyridine rings is 1. The Morgan fingerprint density at radius 2 is 1.89 bits per heavy atom. The number of aliphatic imine (C=N–C) groups is 2. The molecule has 4 N–H and O–H groups in total. The van der Waals surface area contributed by atoms with Gasteiger partial charge >= 0.3 is 0 Å². The van der Waals surface area contributed by atoms with E-state index < -0.39 is 5.66 Å². The maximum absolute atomic E-state index is 6.09. The zero-order valence-corrected chi connectivity index (χ0v) is 15.9. The van der Waals surface area contributed by atoms with Crippen LogP contribution in [0.15, 0.2) is 40.4 Å². The number of rotatable bonds is 2. The number of nitrogen functional groups attached to an aromatic ring is 1. The van der Waals surface area contributed by atoms with Gasteiger partial charge in [-0.1, -0.05) is 20.8 Å². The first-order valence-electron chi connectivity index (χ1n) is 8.81. The minimum absolute atomic E-state index is 0.0236. The van der Waals surface area contributed by atoms with E-state index in [4.69, 9.17) is 30.9 Å². The van der Waals surface area contributed by atoms with Gasteiger partial charge in [0, 0.05) is 5.69 Å². The molecule has 3 heterocycles. The van der Waals surface area contributed by atoms with Crippen LogP contribution >= 0.6 is 0 Å². The Bertz CT molecular complexity index is 970. The monoisotopic (exact) mass is 365 g/mol. The van der Waals surface area contributed by atoms with Gasteiger partial charge in [-0.2, -0.15) is 0 Å². The smallest absolute Gasteiger partial charge is 0.227 e. The standard InChI is InChI=1S/C20H23N5O2/c1-11-17(22)25-20(24-11)14-7-12(21)5-6-16(14)27-18-15(20)8-13(9-23-18)26-10-19(2,3)4/h5-9H,10,21H2,1-4H3,(H2,22,25). The average Bonchev–Trinajstić information content (AvgIpc) is 2.89. The molecule has 2 aliphatic heterocycles. The molecule has 0 saturated carbocycles. The summed E-state index contributed by atoms with van der Waals surface area (Å²) in [6.07, 6.45) is 1.65. The number of nitrogens with two attached hydrogens (primary N) is 2. The fourth-order valence-electron chi connectivity index (χ4n) is 3.12. The van der Waals surface area contributed by atoms with Crippen LogP contribution in [0.4, 0.5) is 5.69 Å². The summed E-state index contributed by atoms with van der Waals surface area (Å²) in [4.78, 5) is 13.9. The third-order valence-electron chi connectivity index (χ3n) is 4.44. The molecule has 0 amide bonds. The summed E-state index contributed by atoms with van der Waals surface area (Å²) in [5, 5.41) is 0. The summed E-state index contributed by atoms with van der Waals surface area (Å²) in [6.45, 7) is 8.72. The Morgan fingerprint density at radius 1 is 1.11 bits per heavy atom. The lowest BCUT2D eigenvalue weighted by atomic mass is 9.90. The lowest BCUT2D eigenvalue weighted by molar-refractivity contribution is 0.196. The fourth-order valence-corrected chi connectivity index (χ4v) is 3.12. The van der Waals surface area contributed by atoms with E-state index in [-0.39, 0.29) is 5.41 Å². The Labute approximate surface area is 158 Å². The average molecular weight is 365 g/mol. The normalized spacial score (nSPS) is 20.4. The van der Waals surface area contributed by atoms with Crippen LogP contribution in [0.3, 0.4) is 0 Å². The molecule has 27 heavy (non-hydrogen) atoms. The fraction of sp³-hybridized carbons (Fsp3) is 0.350. The first-order chi connectivity index (χ1) is 12.7. The molecule has 0 saturated heterocycles. The molecule has 1 aromatic heterocycles. The third-order valence-corrected chi connectivity index (χ3v) is 4.44. The highest BCUT2D eigenvalue weighted by Gasteiger charge is 2.46. The largest absolute Gasteiger partial charge is 0.491 e. The van der Waals surface area contributed by atoms with Crippen molar-refractivity contribution in [2.45, 2.75) is 33.4 Å². The molecular weight excluding hydrogens is 342 g/mol. The lowest BCUT2D eigenvalue weighted by Crippen LogP contribution is -2.27. The van der Waals surface area contributed by atoms with Crippen LogP contribution in [0.5, 0.6) is 17.4 Å². The van der Waals surface area contributed by atoms with E-state index in [1.165, 1.54) is 0 Å². The second-order valence-electron chi connectivity index (χ2n) is 8.10. The second-order valence-corrected chi connectivity index (χ2v) is 8.10. The lowest BCUT2D eigenvalue weighted by Gasteiger charge is -2.32. The van der Waals surface area contributed by atoms with Gasteiger partial charge in [0.1, 0.15) is 17.3 Å². The molecule has 1 aromatic carbocycles. The third kappa shape index (κ3) is 2.89. The minimum Gasteiger partial charge on any atom is -0.491 e. The van der Waals surface area contributed by atoms with E-state index in [1.54, 1.807) is 18.3 Å². The van der Waals surface area contributed by atoms with Gasteiger partial charge < -0.3 is 20.9 Å². The van der Waals surface area contributed by atoms with Crippen molar-refractivity contribution in [3.63, 3.8) is 0 Å². The van der Waals surface area contributed by atoms with E-state index in [0.717, 1.165) is 5.56 Å². The highest BCUT2D eigenvalue weighted by Crippen LogP contribution is 2.51. The van der Waals surface area contributed by atoms with Gasteiger partial charge in [0.15, 0.2) is 0 Å². The number of hydrogen-bond acceptors (Lipinski definition) is 7. The Kier molecular flexibility index (Phi) is 3.66. The molecule has 1 unspecified atom stereocenters. The van der Waals surface area contributed by atoms with Crippen molar-refractivity contribution >= 4 is 17.2 Å². The van der Waals surface area contributed by atoms with Gasteiger partial charge in [0.05, 0.1) is 29.6 Å². The molecule has 1 spiro atoms. The first kappa shape index (κ1) is 17.3. The van der Waals surface area contributed by atoms with Crippen LogP contribution in [-0.4, -0.2) is 23.1 Å². The predicted octanol–water partition coefficient (Wildman–Crippen LogP) is 3.23. The molecule has 1 atom stereocenters. The number of benzene rings is 1. The van der Waals surface area contributed by atoms with Crippen LogP contribution in [0, 0.1) is 5.41 Å².